The van der Waals surface area contributed by atoms with Gasteiger partial charge in [0.25, 0.3) is 0 Å². The molecule has 1 atom stereocenters. The van der Waals surface area contributed by atoms with Crippen LogP contribution in [0.3, 0.4) is 0 Å². The molecule has 1 unspecified atom stereocenters. The van der Waals surface area contributed by atoms with Crippen LogP contribution in [-0.2, 0) is 0 Å². The molecule has 0 saturated carbocycles. The Morgan fingerprint density at radius 2 is 2.00 bits per heavy atom. The first-order valence-electron chi connectivity index (χ1n) is 3.90. The molecule has 13 heavy (non-hydrogen) atoms. The Morgan fingerprint density at radius 1 is 1.31 bits per heavy atom. The van der Waals surface area contributed by atoms with Gasteiger partial charge < -0.3 is 5.73 Å². The van der Waals surface area contributed by atoms with Crippen LogP contribution in [0.4, 0.5) is 13.2 Å². The van der Waals surface area contributed by atoms with E-state index in [9.17, 15) is 13.2 Å². The summed E-state index contributed by atoms with van der Waals surface area (Å²) < 4.78 is 37.9. The van der Waals surface area contributed by atoms with Gasteiger partial charge in [-0.2, -0.15) is 0 Å². The van der Waals surface area contributed by atoms with Gasteiger partial charge in [0.1, 0.15) is 11.6 Å². The smallest absolute Gasteiger partial charge is 0.127 e. The van der Waals surface area contributed by atoms with Crippen molar-refractivity contribution in [1.29, 1.82) is 0 Å². The molecule has 0 aliphatic rings. The fourth-order valence-corrected chi connectivity index (χ4v) is 1.10. The Morgan fingerprint density at radius 3 is 2.54 bits per heavy atom. The highest BCUT2D eigenvalue weighted by Crippen LogP contribution is 2.19. The van der Waals surface area contributed by atoms with Gasteiger partial charge in [-0.1, -0.05) is 0 Å². The van der Waals surface area contributed by atoms with Crippen LogP contribution in [0.5, 0.6) is 0 Å². The lowest BCUT2D eigenvalue weighted by atomic mass is 10.00. The Labute approximate surface area is 74.4 Å². The van der Waals surface area contributed by atoms with Gasteiger partial charge in [-0.25, -0.2) is 8.78 Å². The number of benzene rings is 1. The third-order valence-electron chi connectivity index (χ3n) is 1.87. The van der Waals surface area contributed by atoms with Crippen LogP contribution in [-0.4, -0.2) is 13.2 Å². The summed E-state index contributed by atoms with van der Waals surface area (Å²) in [6.07, 6.45) is 0. The predicted octanol–water partition coefficient (Wildman–Crippen LogP) is 1.98. The van der Waals surface area contributed by atoms with Crippen molar-refractivity contribution in [1.82, 2.24) is 0 Å². The number of hydrogen-bond acceptors (Lipinski definition) is 1. The maximum Gasteiger partial charge on any atom is 0.127 e. The van der Waals surface area contributed by atoms with Crippen LogP contribution in [0.15, 0.2) is 18.2 Å². The highest BCUT2D eigenvalue weighted by Gasteiger charge is 2.14. The summed E-state index contributed by atoms with van der Waals surface area (Å²) in [5.74, 6) is -1.95. The van der Waals surface area contributed by atoms with Gasteiger partial charge in [0.05, 0.1) is 6.67 Å². The quantitative estimate of drug-likeness (QED) is 0.773. The number of nitrogens with two attached hydrogens (primary N) is 1. The van der Waals surface area contributed by atoms with Crippen molar-refractivity contribution in [3.8, 4) is 0 Å². The Balaban J connectivity index is 3.03. The van der Waals surface area contributed by atoms with Crippen LogP contribution in [0.1, 0.15) is 11.5 Å². The minimum absolute atomic E-state index is 0.00463. The maximum atomic E-state index is 13.0. The molecule has 1 aromatic rings. The average Bonchev–Trinajstić information content (AvgIpc) is 2.13. The molecule has 2 N–H and O–H groups in total. The van der Waals surface area contributed by atoms with Gasteiger partial charge in [0.2, 0.25) is 0 Å². The molecule has 0 aromatic heterocycles. The van der Waals surface area contributed by atoms with Crippen molar-refractivity contribution >= 4 is 0 Å². The molecule has 1 aromatic carbocycles. The molecule has 0 heterocycles. The van der Waals surface area contributed by atoms with E-state index >= 15 is 0 Å². The van der Waals surface area contributed by atoms with Crippen molar-refractivity contribution in [2.24, 2.45) is 5.73 Å². The fraction of sp³-hybridized carbons (Fsp3) is 0.333. The average molecular weight is 189 g/mol. The van der Waals surface area contributed by atoms with E-state index in [0.29, 0.717) is 0 Å². The van der Waals surface area contributed by atoms with Gasteiger partial charge in [0, 0.05) is 12.5 Å². The summed E-state index contributed by atoms with van der Waals surface area (Å²) in [6, 6.07) is 2.94. The monoisotopic (exact) mass is 189 g/mol. The summed E-state index contributed by atoms with van der Waals surface area (Å²) in [7, 11) is 0. The van der Waals surface area contributed by atoms with Gasteiger partial charge in [-0.05, 0) is 23.8 Å². The molecule has 1 nitrogen and oxygen atoms in total. The third kappa shape index (κ3) is 2.21. The van der Waals surface area contributed by atoms with E-state index < -0.39 is 24.2 Å². The third-order valence-corrected chi connectivity index (χ3v) is 1.87. The first-order valence-corrected chi connectivity index (χ1v) is 3.90. The van der Waals surface area contributed by atoms with Gasteiger partial charge in [0.15, 0.2) is 0 Å². The first-order chi connectivity index (χ1) is 6.19. The lowest BCUT2D eigenvalue weighted by Crippen LogP contribution is -2.15. The lowest BCUT2D eigenvalue weighted by molar-refractivity contribution is 0.422. The highest BCUT2D eigenvalue weighted by molar-refractivity contribution is 5.23. The first kappa shape index (κ1) is 10.1. The van der Waals surface area contributed by atoms with Crippen LogP contribution in [0.2, 0.25) is 0 Å². The number of halogens is 3. The van der Waals surface area contributed by atoms with Crippen LogP contribution < -0.4 is 5.73 Å². The van der Waals surface area contributed by atoms with Gasteiger partial charge >= 0.3 is 0 Å². The normalized spacial score (nSPS) is 12.9. The van der Waals surface area contributed by atoms with Crippen molar-refractivity contribution in [3.05, 3.63) is 35.4 Å². The zero-order chi connectivity index (χ0) is 9.84. The predicted molar refractivity (Wildman–Crippen MR) is 44.1 cm³/mol. The SMILES string of the molecule is NCC(CF)c1cc(F)ccc1F. The summed E-state index contributed by atoms with van der Waals surface area (Å²) in [5.41, 5.74) is 5.21. The minimum Gasteiger partial charge on any atom is -0.330 e. The number of rotatable bonds is 3. The molecule has 0 aliphatic carbocycles. The summed E-state index contributed by atoms with van der Waals surface area (Å²) in [4.78, 5) is 0. The Hall–Kier alpha value is -1.03. The molecule has 0 bridgehead atoms. The molecule has 0 aliphatic heterocycles. The molecular weight excluding hydrogens is 179 g/mol. The molecule has 0 fully saturated rings. The largest absolute Gasteiger partial charge is 0.330 e. The summed E-state index contributed by atoms with van der Waals surface area (Å²) in [5, 5.41) is 0. The van der Waals surface area contributed by atoms with Gasteiger partial charge in [-0.15, -0.1) is 0 Å². The van der Waals surface area contributed by atoms with Crippen molar-refractivity contribution in [2.75, 3.05) is 13.2 Å². The molecule has 72 valence electrons. The Bertz CT molecular complexity index is 284. The van der Waals surface area contributed by atoms with Crippen molar-refractivity contribution in [3.63, 3.8) is 0 Å². The van der Waals surface area contributed by atoms with Gasteiger partial charge in [-0.3, -0.25) is 4.39 Å². The summed E-state index contributed by atoms with van der Waals surface area (Å²) in [6.45, 7) is -0.812. The fourth-order valence-electron chi connectivity index (χ4n) is 1.10. The maximum absolute atomic E-state index is 13.0. The van der Waals surface area contributed by atoms with Crippen LogP contribution in [0.25, 0.3) is 0 Å². The second kappa shape index (κ2) is 4.28. The van der Waals surface area contributed by atoms with E-state index in [1.165, 1.54) is 0 Å². The van der Waals surface area contributed by atoms with Crippen LogP contribution in [0, 0.1) is 11.6 Å². The molecule has 0 radical (unpaired) electrons. The zero-order valence-corrected chi connectivity index (χ0v) is 6.93. The number of hydrogen-bond donors (Lipinski definition) is 1. The van der Waals surface area contributed by atoms with E-state index in [1.54, 1.807) is 0 Å². The highest BCUT2D eigenvalue weighted by atomic mass is 19.1. The summed E-state index contributed by atoms with van der Waals surface area (Å²) >= 11 is 0. The standard InChI is InChI=1S/C9H10F3N/c10-4-6(5-13)8-3-7(11)1-2-9(8)12/h1-3,6H,4-5,13H2. The topological polar surface area (TPSA) is 26.0 Å². The molecule has 4 heteroatoms. The van der Waals surface area contributed by atoms with Crippen molar-refractivity contribution < 1.29 is 13.2 Å². The molecular formula is C9H10F3N. The zero-order valence-electron chi connectivity index (χ0n) is 6.93. The van der Waals surface area contributed by atoms with E-state index in [2.05, 4.69) is 0 Å². The lowest BCUT2D eigenvalue weighted by Gasteiger charge is -2.11. The Kier molecular flexibility index (Phi) is 3.31. The van der Waals surface area contributed by atoms with E-state index in [1.807, 2.05) is 0 Å². The van der Waals surface area contributed by atoms with Crippen molar-refractivity contribution in [2.45, 2.75) is 5.92 Å². The second-order valence-corrected chi connectivity index (χ2v) is 2.75. The minimum atomic E-state index is -0.781. The molecule has 0 spiro atoms. The van der Waals surface area contributed by atoms with E-state index in [0.717, 1.165) is 18.2 Å². The molecule has 0 amide bonds. The molecule has 1 rings (SSSR count). The second-order valence-electron chi connectivity index (χ2n) is 2.75. The number of alkyl halides is 1. The molecule has 0 saturated heterocycles. The van der Waals surface area contributed by atoms with Crippen LogP contribution >= 0.6 is 0 Å². The van der Waals surface area contributed by atoms with E-state index in [-0.39, 0.29) is 12.1 Å². The van der Waals surface area contributed by atoms with E-state index in [4.69, 9.17) is 5.73 Å².